The van der Waals surface area contributed by atoms with Crippen LogP contribution in [-0.2, 0) is 4.79 Å². The third-order valence-corrected chi connectivity index (χ3v) is 3.74. The number of amides is 2. The second kappa shape index (κ2) is 7.89. The van der Waals surface area contributed by atoms with Gasteiger partial charge in [-0.1, -0.05) is 0 Å². The van der Waals surface area contributed by atoms with Gasteiger partial charge >= 0.3 is 0 Å². The Balaban J connectivity index is 1.57. The monoisotopic (exact) mass is 307 g/mol. The molecule has 4 N–H and O–H groups in total. The number of carbonyl (C=O) groups is 2. The van der Waals surface area contributed by atoms with Gasteiger partial charge in [0.05, 0.1) is 0 Å². The van der Waals surface area contributed by atoms with E-state index in [1.807, 2.05) is 0 Å². The summed E-state index contributed by atoms with van der Waals surface area (Å²) in [5, 5.41) is 5.51. The first kappa shape index (κ1) is 16.4. The summed E-state index contributed by atoms with van der Waals surface area (Å²) < 4.78 is 12.7. The molecule has 2 amide bonds. The molecule has 0 aliphatic heterocycles. The van der Waals surface area contributed by atoms with Crippen molar-refractivity contribution in [2.75, 3.05) is 13.1 Å². The molecule has 2 rings (SSSR count). The smallest absolute Gasteiger partial charge is 0.251 e. The Hall–Kier alpha value is -1.95. The SMILES string of the molecule is NC(CNC(=O)CCCNC(=O)c1ccc(F)cc1)C1CC1. The van der Waals surface area contributed by atoms with Crippen molar-refractivity contribution in [1.82, 2.24) is 10.6 Å². The molecule has 22 heavy (non-hydrogen) atoms. The minimum Gasteiger partial charge on any atom is -0.355 e. The number of rotatable bonds is 8. The second-order valence-corrected chi connectivity index (χ2v) is 5.67. The summed E-state index contributed by atoms with van der Waals surface area (Å²) in [6, 6.07) is 5.40. The fourth-order valence-electron chi connectivity index (χ4n) is 2.17. The van der Waals surface area contributed by atoms with Crippen LogP contribution in [0.4, 0.5) is 4.39 Å². The van der Waals surface area contributed by atoms with Gasteiger partial charge in [-0.05, 0) is 49.4 Å². The predicted octanol–water partition coefficient (Wildman–Crippen LogP) is 1.19. The Morgan fingerprint density at radius 1 is 1.23 bits per heavy atom. The first-order chi connectivity index (χ1) is 10.6. The number of benzene rings is 1. The molecular formula is C16H22FN3O2. The summed E-state index contributed by atoms with van der Waals surface area (Å²) in [6.07, 6.45) is 3.22. The Labute approximate surface area is 129 Å². The van der Waals surface area contributed by atoms with Crippen LogP contribution in [0.25, 0.3) is 0 Å². The third kappa shape index (κ3) is 5.44. The highest BCUT2D eigenvalue weighted by Crippen LogP contribution is 2.31. The number of nitrogens with one attached hydrogen (secondary N) is 2. The molecule has 0 radical (unpaired) electrons. The van der Waals surface area contributed by atoms with E-state index < -0.39 is 0 Å². The van der Waals surface area contributed by atoms with Crippen molar-refractivity contribution in [3.63, 3.8) is 0 Å². The van der Waals surface area contributed by atoms with Gasteiger partial charge in [-0.2, -0.15) is 0 Å². The van der Waals surface area contributed by atoms with Gasteiger partial charge in [0.1, 0.15) is 5.82 Å². The van der Waals surface area contributed by atoms with Crippen molar-refractivity contribution in [2.45, 2.75) is 31.7 Å². The van der Waals surface area contributed by atoms with E-state index in [9.17, 15) is 14.0 Å². The maximum Gasteiger partial charge on any atom is 0.251 e. The minimum absolute atomic E-state index is 0.0490. The standard InChI is InChI=1S/C16H22FN3O2/c17-13-7-5-12(6-8-13)16(22)19-9-1-2-15(21)20-10-14(18)11-3-4-11/h5-8,11,14H,1-4,9-10,18H2,(H,19,22)(H,20,21). The highest BCUT2D eigenvalue weighted by molar-refractivity contribution is 5.94. The number of halogens is 1. The number of nitrogens with two attached hydrogens (primary N) is 1. The number of carbonyl (C=O) groups excluding carboxylic acids is 2. The normalized spacial score (nSPS) is 15.2. The first-order valence-corrected chi connectivity index (χ1v) is 7.62. The van der Waals surface area contributed by atoms with Crippen molar-refractivity contribution < 1.29 is 14.0 Å². The van der Waals surface area contributed by atoms with Gasteiger partial charge in [0.2, 0.25) is 5.91 Å². The van der Waals surface area contributed by atoms with Crippen LogP contribution in [-0.4, -0.2) is 30.9 Å². The molecule has 120 valence electrons. The predicted molar refractivity (Wildman–Crippen MR) is 81.7 cm³/mol. The topological polar surface area (TPSA) is 84.2 Å². The van der Waals surface area contributed by atoms with E-state index in [4.69, 9.17) is 5.73 Å². The van der Waals surface area contributed by atoms with Crippen molar-refractivity contribution >= 4 is 11.8 Å². The lowest BCUT2D eigenvalue weighted by molar-refractivity contribution is -0.121. The molecule has 1 aliphatic rings. The van der Waals surface area contributed by atoms with Crippen molar-refractivity contribution in [2.24, 2.45) is 11.7 Å². The fourth-order valence-corrected chi connectivity index (χ4v) is 2.17. The maximum absolute atomic E-state index is 12.7. The molecule has 1 unspecified atom stereocenters. The fraction of sp³-hybridized carbons (Fsp3) is 0.500. The molecule has 1 aromatic carbocycles. The summed E-state index contributed by atoms with van der Waals surface area (Å²) in [7, 11) is 0. The van der Waals surface area contributed by atoms with Crippen molar-refractivity contribution in [3.05, 3.63) is 35.6 Å². The van der Waals surface area contributed by atoms with E-state index in [-0.39, 0.29) is 23.7 Å². The van der Waals surface area contributed by atoms with Gasteiger partial charge in [0, 0.05) is 31.1 Å². The largest absolute Gasteiger partial charge is 0.355 e. The summed E-state index contributed by atoms with van der Waals surface area (Å²) in [5.74, 6) is -0.129. The van der Waals surface area contributed by atoms with Crippen LogP contribution in [0.15, 0.2) is 24.3 Å². The Kier molecular flexibility index (Phi) is 5.89. The zero-order valence-electron chi connectivity index (χ0n) is 12.5. The minimum atomic E-state index is -0.377. The molecular weight excluding hydrogens is 285 g/mol. The lowest BCUT2D eigenvalue weighted by Crippen LogP contribution is -2.38. The van der Waals surface area contributed by atoms with E-state index >= 15 is 0 Å². The molecule has 1 aromatic rings. The molecule has 1 saturated carbocycles. The summed E-state index contributed by atoms with van der Waals surface area (Å²) in [4.78, 5) is 23.4. The van der Waals surface area contributed by atoms with Crippen molar-refractivity contribution in [1.29, 1.82) is 0 Å². The van der Waals surface area contributed by atoms with Crippen LogP contribution in [0.2, 0.25) is 0 Å². The maximum atomic E-state index is 12.7. The highest BCUT2D eigenvalue weighted by atomic mass is 19.1. The summed E-state index contributed by atoms with van der Waals surface area (Å²) in [6.45, 7) is 0.920. The molecule has 5 nitrogen and oxygen atoms in total. The molecule has 0 aromatic heterocycles. The van der Waals surface area contributed by atoms with E-state index in [1.165, 1.54) is 24.3 Å². The van der Waals surface area contributed by atoms with Crippen LogP contribution in [0.1, 0.15) is 36.0 Å². The van der Waals surface area contributed by atoms with Gasteiger partial charge in [-0.25, -0.2) is 4.39 Å². The van der Waals surface area contributed by atoms with E-state index in [0.29, 0.717) is 37.4 Å². The number of hydrogen-bond donors (Lipinski definition) is 3. The molecule has 6 heteroatoms. The Morgan fingerprint density at radius 2 is 1.91 bits per heavy atom. The molecule has 1 aliphatic carbocycles. The molecule has 1 atom stereocenters. The van der Waals surface area contributed by atoms with Crippen LogP contribution >= 0.6 is 0 Å². The van der Waals surface area contributed by atoms with Crippen LogP contribution < -0.4 is 16.4 Å². The van der Waals surface area contributed by atoms with Gasteiger partial charge in [-0.15, -0.1) is 0 Å². The molecule has 0 bridgehead atoms. The van der Waals surface area contributed by atoms with E-state index in [1.54, 1.807) is 0 Å². The average Bonchev–Trinajstić information content (AvgIpc) is 3.34. The lowest BCUT2D eigenvalue weighted by atomic mass is 10.2. The number of hydrogen-bond acceptors (Lipinski definition) is 3. The van der Waals surface area contributed by atoms with Crippen LogP contribution in [0.3, 0.4) is 0 Å². The van der Waals surface area contributed by atoms with Gasteiger partial charge in [0.25, 0.3) is 5.91 Å². The first-order valence-electron chi connectivity index (χ1n) is 7.62. The highest BCUT2D eigenvalue weighted by Gasteiger charge is 2.28. The lowest BCUT2D eigenvalue weighted by Gasteiger charge is -2.11. The molecule has 0 saturated heterocycles. The quantitative estimate of drug-likeness (QED) is 0.631. The average molecular weight is 307 g/mol. The molecule has 1 fully saturated rings. The summed E-state index contributed by atoms with van der Waals surface area (Å²) in [5.41, 5.74) is 6.30. The molecule has 0 heterocycles. The van der Waals surface area contributed by atoms with Gasteiger partial charge < -0.3 is 16.4 Å². The molecule has 0 spiro atoms. The summed E-state index contributed by atoms with van der Waals surface area (Å²) >= 11 is 0. The van der Waals surface area contributed by atoms with Gasteiger partial charge in [0.15, 0.2) is 0 Å². The zero-order chi connectivity index (χ0) is 15.9. The van der Waals surface area contributed by atoms with Gasteiger partial charge in [-0.3, -0.25) is 9.59 Å². The third-order valence-electron chi connectivity index (χ3n) is 3.74. The van der Waals surface area contributed by atoms with Crippen molar-refractivity contribution in [3.8, 4) is 0 Å². The van der Waals surface area contributed by atoms with E-state index in [0.717, 1.165) is 12.8 Å². The second-order valence-electron chi connectivity index (χ2n) is 5.67. The van der Waals surface area contributed by atoms with Crippen LogP contribution in [0, 0.1) is 11.7 Å². The Bertz CT molecular complexity index is 515. The van der Waals surface area contributed by atoms with Crippen LogP contribution in [0.5, 0.6) is 0 Å². The van der Waals surface area contributed by atoms with E-state index in [2.05, 4.69) is 10.6 Å². The Morgan fingerprint density at radius 3 is 2.55 bits per heavy atom. The zero-order valence-corrected chi connectivity index (χ0v) is 12.5.